The summed E-state index contributed by atoms with van der Waals surface area (Å²) in [5.41, 5.74) is 1.07. The first-order valence-electron chi connectivity index (χ1n) is 9.00. The molecule has 2 aromatic rings. The molecule has 0 radical (unpaired) electrons. The standard InChI is InChI=1S/C21H22FNO4S/c1-15-6-11-18(26-15)14-23-12-2-5-19(27-21(24)25)20(23)28-13-3-4-16-7-9-17(22)10-8-16/h2,5-11H,3-4,12-14H2,1H3,(H,24,25). The SMILES string of the molecule is Cc1ccc(CN2CC=CC(OC(=O)O)=C2SCCCc2ccc(F)cc2)o1. The van der Waals surface area contributed by atoms with Gasteiger partial charge in [-0.2, -0.15) is 0 Å². The highest BCUT2D eigenvalue weighted by Gasteiger charge is 2.21. The number of allylic oxidation sites excluding steroid dienone is 1. The van der Waals surface area contributed by atoms with Crippen LogP contribution in [-0.2, 0) is 17.7 Å². The molecule has 1 aromatic heterocycles. The summed E-state index contributed by atoms with van der Waals surface area (Å²) in [5, 5.41) is 9.81. The predicted octanol–water partition coefficient (Wildman–Crippen LogP) is 5.33. The summed E-state index contributed by atoms with van der Waals surface area (Å²) >= 11 is 1.55. The van der Waals surface area contributed by atoms with Crippen LogP contribution in [0.1, 0.15) is 23.5 Å². The third-order valence-electron chi connectivity index (χ3n) is 4.19. The first kappa shape index (κ1) is 20.1. The fraction of sp³-hybridized carbons (Fsp3) is 0.286. The van der Waals surface area contributed by atoms with Gasteiger partial charge in [0.2, 0.25) is 0 Å². The average molecular weight is 403 g/mol. The number of benzene rings is 1. The topological polar surface area (TPSA) is 62.9 Å². The van der Waals surface area contributed by atoms with E-state index in [1.54, 1.807) is 30.0 Å². The van der Waals surface area contributed by atoms with E-state index >= 15 is 0 Å². The van der Waals surface area contributed by atoms with Crippen LogP contribution < -0.4 is 0 Å². The minimum absolute atomic E-state index is 0.239. The number of ether oxygens (including phenoxy) is 1. The summed E-state index contributed by atoms with van der Waals surface area (Å²) in [6.45, 7) is 3.07. The lowest BCUT2D eigenvalue weighted by Gasteiger charge is -2.28. The number of halogens is 1. The lowest BCUT2D eigenvalue weighted by molar-refractivity contribution is 0.119. The van der Waals surface area contributed by atoms with Crippen molar-refractivity contribution in [2.24, 2.45) is 0 Å². The molecule has 0 bridgehead atoms. The second-order valence-corrected chi connectivity index (χ2v) is 7.49. The summed E-state index contributed by atoms with van der Waals surface area (Å²) < 4.78 is 23.6. The zero-order valence-electron chi connectivity index (χ0n) is 15.6. The number of nitrogens with zero attached hydrogens (tertiary/aromatic N) is 1. The van der Waals surface area contributed by atoms with Gasteiger partial charge in [0.05, 0.1) is 6.54 Å². The van der Waals surface area contributed by atoms with Crippen molar-refractivity contribution in [1.29, 1.82) is 0 Å². The Balaban J connectivity index is 1.65. The smallest absolute Gasteiger partial charge is 0.464 e. The van der Waals surface area contributed by atoms with E-state index in [-0.39, 0.29) is 5.82 Å². The molecule has 1 aromatic carbocycles. The van der Waals surface area contributed by atoms with Gasteiger partial charge < -0.3 is 19.2 Å². The zero-order valence-corrected chi connectivity index (χ0v) is 16.4. The maximum absolute atomic E-state index is 13.0. The van der Waals surface area contributed by atoms with E-state index in [0.717, 1.165) is 40.7 Å². The largest absolute Gasteiger partial charge is 0.511 e. The molecule has 0 unspecified atom stereocenters. The number of carbonyl (C=O) groups is 1. The Morgan fingerprint density at radius 3 is 2.75 bits per heavy atom. The fourth-order valence-corrected chi connectivity index (χ4v) is 3.98. The first-order valence-corrected chi connectivity index (χ1v) is 9.99. The van der Waals surface area contributed by atoms with Gasteiger partial charge in [0, 0.05) is 6.54 Å². The maximum Gasteiger partial charge on any atom is 0.511 e. The van der Waals surface area contributed by atoms with Gasteiger partial charge in [-0.3, -0.25) is 0 Å². The van der Waals surface area contributed by atoms with Crippen LogP contribution in [0.15, 0.2) is 63.8 Å². The molecule has 5 nitrogen and oxygen atoms in total. The molecule has 7 heteroatoms. The fourth-order valence-electron chi connectivity index (χ4n) is 2.92. The quantitative estimate of drug-likeness (QED) is 0.475. The average Bonchev–Trinajstić information content (AvgIpc) is 3.06. The van der Waals surface area contributed by atoms with Gasteiger partial charge >= 0.3 is 6.16 Å². The minimum Gasteiger partial charge on any atom is -0.464 e. The third kappa shape index (κ3) is 5.66. The van der Waals surface area contributed by atoms with Crippen molar-refractivity contribution in [1.82, 2.24) is 4.90 Å². The summed E-state index contributed by atoms with van der Waals surface area (Å²) in [7, 11) is 0. The Bertz CT molecular complexity index is 873. The molecule has 0 amide bonds. The number of rotatable bonds is 8. The van der Waals surface area contributed by atoms with E-state index in [9.17, 15) is 9.18 Å². The van der Waals surface area contributed by atoms with Crippen molar-refractivity contribution >= 4 is 17.9 Å². The Kier molecular flexibility index (Phi) is 6.81. The van der Waals surface area contributed by atoms with Crippen LogP contribution in [0.4, 0.5) is 9.18 Å². The number of furan rings is 1. The number of thioether (sulfide) groups is 1. The van der Waals surface area contributed by atoms with Crippen LogP contribution in [-0.4, -0.2) is 28.5 Å². The first-order chi connectivity index (χ1) is 13.5. The van der Waals surface area contributed by atoms with Crippen molar-refractivity contribution in [2.45, 2.75) is 26.3 Å². The van der Waals surface area contributed by atoms with Crippen LogP contribution in [0.2, 0.25) is 0 Å². The van der Waals surface area contributed by atoms with E-state index < -0.39 is 6.16 Å². The molecule has 1 aliphatic heterocycles. The van der Waals surface area contributed by atoms with Crippen molar-refractivity contribution in [3.05, 3.63) is 82.2 Å². The molecule has 28 heavy (non-hydrogen) atoms. The highest BCUT2D eigenvalue weighted by Crippen LogP contribution is 2.31. The predicted molar refractivity (Wildman–Crippen MR) is 106 cm³/mol. The van der Waals surface area contributed by atoms with Crippen LogP contribution in [0.3, 0.4) is 0 Å². The van der Waals surface area contributed by atoms with Gasteiger partial charge in [0.25, 0.3) is 0 Å². The number of carboxylic acid groups (broad SMARTS) is 1. The van der Waals surface area contributed by atoms with Crippen molar-refractivity contribution < 1.29 is 23.4 Å². The number of hydrogen-bond donors (Lipinski definition) is 1. The van der Waals surface area contributed by atoms with Crippen molar-refractivity contribution in [2.75, 3.05) is 12.3 Å². The molecule has 0 atom stereocenters. The van der Waals surface area contributed by atoms with Crippen LogP contribution in [0, 0.1) is 12.7 Å². The van der Waals surface area contributed by atoms with Gasteiger partial charge in [0.15, 0.2) is 5.76 Å². The van der Waals surface area contributed by atoms with Crippen LogP contribution in [0.25, 0.3) is 0 Å². The van der Waals surface area contributed by atoms with E-state index in [2.05, 4.69) is 0 Å². The monoisotopic (exact) mass is 403 g/mol. The highest BCUT2D eigenvalue weighted by atomic mass is 32.2. The molecule has 0 spiro atoms. The third-order valence-corrected chi connectivity index (χ3v) is 5.42. The van der Waals surface area contributed by atoms with Gasteiger partial charge in [-0.25, -0.2) is 9.18 Å². The van der Waals surface area contributed by atoms with E-state index in [1.165, 1.54) is 12.1 Å². The molecule has 0 saturated carbocycles. The Labute approximate surface area is 167 Å². The molecule has 1 aliphatic rings. The summed E-state index contributed by atoms with van der Waals surface area (Å²) in [6, 6.07) is 10.3. The van der Waals surface area contributed by atoms with Crippen LogP contribution in [0.5, 0.6) is 0 Å². The summed E-state index contributed by atoms with van der Waals surface area (Å²) in [6.07, 6.45) is 3.93. The zero-order chi connectivity index (χ0) is 19.9. The maximum atomic E-state index is 13.0. The molecular weight excluding hydrogens is 381 g/mol. The normalized spacial score (nSPS) is 13.9. The van der Waals surface area contributed by atoms with E-state index in [4.69, 9.17) is 14.3 Å². The Hall–Kier alpha value is -2.67. The number of hydrogen-bond acceptors (Lipinski definition) is 5. The van der Waals surface area contributed by atoms with Crippen molar-refractivity contribution in [3.63, 3.8) is 0 Å². The summed E-state index contributed by atoms with van der Waals surface area (Å²) in [4.78, 5) is 13.1. The molecule has 0 aliphatic carbocycles. The lowest BCUT2D eigenvalue weighted by atomic mass is 10.1. The lowest BCUT2D eigenvalue weighted by Crippen LogP contribution is -2.26. The molecule has 0 saturated heterocycles. The van der Waals surface area contributed by atoms with Crippen LogP contribution >= 0.6 is 11.8 Å². The summed E-state index contributed by atoms with van der Waals surface area (Å²) in [5.74, 6) is 2.51. The van der Waals surface area contributed by atoms with Gasteiger partial charge in [0.1, 0.15) is 22.4 Å². The Morgan fingerprint density at radius 1 is 1.29 bits per heavy atom. The molecule has 0 fully saturated rings. The molecule has 3 rings (SSSR count). The molecular formula is C21H22FNO4S. The van der Waals surface area contributed by atoms with Gasteiger partial charge in [-0.1, -0.05) is 18.2 Å². The van der Waals surface area contributed by atoms with Gasteiger partial charge in [-0.05, 0) is 61.4 Å². The number of aryl methyl sites for hydroxylation is 2. The van der Waals surface area contributed by atoms with Gasteiger partial charge in [-0.15, -0.1) is 11.8 Å². The Morgan fingerprint density at radius 2 is 2.07 bits per heavy atom. The molecule has 2 heterocycles. The molecule has 148 valence electrons. The van der Waals surface area contributed by atoms with E-state index in [0.29, 0.717) is 18.8 Å². The van der Waals surface area contributed by atoms with E-state index in [1.807, 2.05) is 30.0 Å². The van der Waals surface area contributed by atoms with Crippen molar-refractivity contribution in [3.8, 4) is 0 Å². The second-order valence-electron chi connectivity index (χ2n) is 6.41. The second kappa shape index (κ2) is 9.50. The highest BCUT2D eigenvalue weighted by molar-refractivity contribution is 8.03. The minimum atomic E-state index is -1.33. The molecule has 1 N–H and O–H groups in total.